The Morgan fingerprint density at radius 1 is 0.947 bits per heavy atom. The summed E-state index contributed by atoms with van der Waals surface area (Å²) < 4.78 is 38.5. The number of sulfone groups is 1. The number of rotatable bonds is 17. The molecule has 6 N–H and O–H groups in total. The zero-order chi connectivity index (χ0) is 54.6. The SMILES string of the molecule is Cc1[nH]nc(Nc2ncnc3cc(OCCCN4CCN(c5ccc(C(=O)N[C@H]6C[C@@H](C(N)=O)N(C(=O)C(NC(=O)[C@H](C)N(C)C(=O)OC(C)(C)C)C7CCCCC7)C6)cn5)CC4)c(S(=O)(=O)C(C)(C)C)cc23)c1C. The molecule has 3 aromatic heterocycles. The summed E-state index contributed by atoms with van der Waals surface area (Å²) in [5.74, 6) is -0.366. The molecule has 3 fully saturated rings. The van der Waals surface area contributed by atoms with E-state index in [1.165, 1.54) is 29.4 Å². The van der Waals surface area contributed by atoms with Crippen LogP contribution in [0, 0.1) is 19.8 Å². The Morgan fingerprint density at radius 3 is 2.27 bits per heavy atom. The van der Waals surface area contributed by atoms with Crippen LogP contribution in [-0.4, -0.2) is 165 Å². The number of likely N-dealkylation sites (N-methyl/N-ethyl adjacent to an activating group) is 1. The number of nitrogens with two attached hydrogens (primary N) is 1. The number of ether oxygens (including phenoxy) is 2. The zero-order valence-electron chi connectivity index (χ0n) is 45.0. The molecule has 0 radical (unpaired) electrons. The molecule has 7 rings (SSSR count). The largest absolute Gasteiger partial charge is 0.492 e. The molecule has 2 saturated heterocycles. The maximum Gasteiger partial charge on any atom is 0.410 e. The molecule has 408 valence electrons. The average molecular weight is 1060 g/mol. The molecule has 2 aliphatic heterocycles. The summed E-state index contributed by atoms with van der Waals surface area (Å²) in [6.45, 7) is 19.4. The molecule has 22 nitrogen and oxygen atoms in total. The van der Waals surface area contributed by atoms with Gasteiger partial charge in [-0.15, -0.1) is 0 Å². The smallest absolute Gasteiger partial charge is 0.410 e. The van der Waals surface area contributed by atoms with Gasteiger partial charge in [0.15, 0.2) is 15.7 Å². The molecule has 4 aromatic rings. The van der Waals surface area contributed by atoms with Crippen molar-refractivity contribution in [2.75, 3.05) is 63.1 Å². The van der Waals surface area contributed by atoms with E-state index in [1.54, 1.807) is 72.7 Å². The van der Waals surface area contributed by atoms with Gasteiger partial charge in [0.2, 0.25) is 17.7 Å². The number of primary amides is 1. The van der Waals surface area contributed by atoms with Gasteiger partial charge in [0.1, 0.15) is 52.3 Å². The van der Waals surface area contributed by atoms with Gasteiger partial charge in [-0.1, -0.05) is 19.3 Å². The van der Waals surface area contributed by atoms with Crippen molar-refractivity contribution in [2.45, 2.75) is 147 Å². The summed E-state index contributed by atoms with van der Waals surface area (Å²) in [5.41, 5.74) is 7.73. The third-order valence-electron chi connectivity index (χ3n) is 14.4. The van der Waals surface area contributed by atoms with Crippen LogP contribution in [0.5, 0.6) is 5.75 Å². The number of amides is 5. The molecule has 4 atom stereocenters. The summed E-state index contributed by atoms with van der Waals surface area (Å²) in [6, 6.07) is 3.19. The van der Waals surface area contributed by atoms with Crippen LogP contribution in [0.1, 0.15) is 115 Å². The highest BCUT2D eigenvalue weighted by atomic mass is 32.2. The minimum absolute atomic E-state index is 0.0115. The third kappa shape index (κ3) is 13.3. The molecule has 0 spiro atoms. The number of carbonyl (C=O) groups excluding carboxylic acids is 5. The van der Waals surface area contributed by atoms with E-state index >= 15 is 0 Å². The lowest BCUT2D eigenvalue weighted by atomic mass is 9.83. The van der Waals surface area contributed by atoms with Gasteiger partial charge in [-0.3, -0.25) is 34.1 Å². The van der Waals surface area contributed by atoms with Crippen LogP contribution in [0.2, 0.25) is 0 Å². The van der Waals surface area contributed by atoms with Gasteiger partial charge in [0.05, 0.1) is 22.4 Å². The monoisotopic (exact) mass is 1060 g/mol. The van der Waals surface area contributed by atoms with Crippen molar-refractivity contribution in [1.82, 2.24) is 50.5 Å². The number of hydrogen-bond donors (Lipinski definition) is 5. The van der Waals surface area contributed by atoms with Gasteiger partial charge < -0.3 is 41.0 Å². The van der Waals surface area contributed by atoms with E-state index in [0.717, 1.165) is 50.2 Å². The molecule has 1 saturated carbocycles. The molecule has 23 heteroatoms. The van der Waals surface area contributed by atoms with Crippen LogP contribution in [0.3, 0.4) is 0 Å². The van der Waals surface area contributed by atoms with Crippen molar-refractivity contribution in [3.05, 3.63) is 53.6 Å². The van der Waals surface area contributed by atoms with Gasteiger partial charge in [0, 0.05) is 81.3 Å². The summed E-state index contributed by atoms with van der Waals surface area (Å²) in [5, 5.41) is 16.9. The summed E-state index contributed by atoms with van der Waals surface area (Å²) in [7, 11) is -2.38. The predicted octanol–water partition coefficient (Wildman–Crippen LogP) is 4.78. The molecular formula is C52H75N13O9S. The van der Waals surface area contributed by atoms with E-state index in [4.69, 9.17) is 15.2 Å². The number of carbonyl (C=O) groups is 5. The summed E-state index contributed by atoms with van der Waals surface area (Å²) in [4.78, 5) is 87.9. The number of anilines is 3. The van der Waals surface area contributed by atoms with Crippen molar-refractivity contribution in [3.63, 3.8) is 0 Å². The van der Waals surface area contributed by atoms with Gasteiger partial charge in [-0.2, -0.15) is 5.10 Å². The minimum atomic E-state index is -3.85. The maximum absolute atomic E-state index is 14.4. The first kappa shape index (κ1) is 56.1. The fourth-order valence-corrected chi connectivity index (χ4v) is 10.9. The van der Waals surface area contributed by atoms with Crippen molar-refractivity contribution in [2.24, 2.45) is 11.7 Å². The quantitative estimate of drug-likeness (QED) is 0.0890. The van der Waals surface area contributed by atoms with Crippen LogP contribution in [0.15, 0.2) is 41.7 Å². The van der Waals surface area contributed by atoms with Crippen LogP contribution < -0.4 is 31.3 Å². The number of nitrogens with zero attached hydrogens (tertiary/aromatic N) is 8. The van der Waals surface area contributed by atoms with E-state index in [0.29, 0.717) is 66.3 Å². The van der Waals surface area contributed by atoms with E-state index in [-0.39, 0.29) is 36.1 Å². The van der Waals surface area contributed by atoms with Crippen LogP contribution in [-0.2, 0) is 29.0 Å². The molecule has 1 aromatic carbocycles. The second-order valence-electron chi connectivity index (χ2n) is 22.0. The number of fused-ring (bicyclic) bond motifs is 1. The number of nitrogens with one attached hydrogen (secondary N) is 4. The number of likely N-dealkylation sites (tertiary alicyclic amines) is 1. The first-order chi connectivity index (χ1) is 35.3. The molecule has 5 heterocycles. The third-order valence-corrected chi connectivity index (χ3v) is 17.0. The van der Waals surface area contributed by atoms with Crippen LogP contribution in [0.25, 0.3) is 10.9 Å². The molecule has 3 aliphatic rings. The van der Waals surface area contributed by atoms with E-state index in [9.17, 15) is 32.4 Å². The molecule has 1 unspecified atom stereocenters. The second-order valence-corrected chi connectivity index (χ2v) is 24.7. The van der Waals surface area contributed by atoms with Crippen molar-refractivity contribution in [3.8, 4) is 5.75 Å². The molecule has 75 heavy (non-hydrogen) atoms. The number of H-pyrrole nitrogens is 1. The molecule has 1 aliphatic carbocycles. The highest BCUT2D eigenvalue weighted by molar-refractivity contribution is 7.92. The minimum Gasteiger partial charge on any atom is -0.492 e. The number of hydrogen-bond acceptors (Lipinski definition) is 16. The number of aromatic amines is 1. The van der Waals surface area contributed by atoms with Gasteiger partial charge in [0.25, 0.3) is 5.91 Å². The number of piperazine rings is 1. The number of aryl methyl sites for hydroxylation is 1. The standard InChI is InChI=1S/C52H75N13O9S/c1-31-32(2)60-61-45(31)59-46-37-26-41(75(71,72)52(7,8)9)40(27-38(37)55-30-56-46)73-24-14-19-63-20-22-64(23-21-63)42-18-17-35(28-54-42)48(68)57-36-25-39(44(53)66)65(29-36)49(69)43(34-15-12-11-13-16-34)58-47(67)33(3)62(10)50(70)74-51(4,5)6/h17-18,26-28,30,33-34,36,39,43H,11-16,19-25,29H2,1-10H3,(H2,53,66)(H,57,68)(H,58,67)(H2,55,56,59,60,61)/t33-,36-,39-,43?/m0/s1. The Kier molecular flexibility index (Phi) is 17.3. The van der Waals surface area contributed by atoms with Crippen molar-refractivity contribution < 1.29 is 41.9 Å². The Labute approximate surface area is 439 Å². The lowest BCUT2D eigenvalue weighted by Gasteiger charge is -2.35. The van der Waals surface area contributed by atoms with Crippen molar-refractivity contribution in [1.29, 1.82) is 0 Å². The number of pyridine rings is 1. The predicted molar refractivity (Wildman–Crippen MR) is 283 cm³/mol. The Hall–Kier alpha value is -6.62. The Bertz CT molecular complexity index is 2830. The van der Waals surface area contributed by atoms with E-state index in [2.05, 4.69) is 50.9 Å². The summed E-state index contributed by atoms with van der Waals surface area (Å²) in [6.07, 6.45) is 7.15. The Morgan fingerprint density at radius 2 is 1.65 bits per heavy atom. The first-order valence-electron chi connectivity index (χ1n) is 25.9. The van der Waals surface area contributed by atoms with Crippen molar-refractivity contribution >= 4 is 67.9 Å². The average Bonchev–Trinajstić information content (AvgIpc) is 3.94. The fraction of sp³-hybridized carbons (Fsp3) is 0.596. The van der Waals surface area contributed by atoms with Crippen LogP contribution >= 0.6 is 0 Å². The topological polar surface area (TPSA) is 280 Å². The normalized spacial score (nSPS) is 18.8. The fourth-order valence-electron chi connectivity index (χ4n) is 9.61. The highest BCUT2D eigenvalue weighted by Gasteiger charge is 2.45. The number of aromatic nitrogens is 5. The maximum atomic E-state index is 14.4. The molecule has 5 amide bonds. The van der Waals surface area contributed by atoms with Gasteiger partial charge >= 0.3 is 6.09 Å². The zero-order valence-corrected chi connectivity index (χ0v) is 45.8. The summed E-state index contributed by atoms with van der Waals surface area (Å²) >= 11 is 0. The lowest BCUT2D eigenvalue weighted by Crippen LogP contribution is -2.58. The number of benzene rings is 1. The molecular weight excluding hydrogens is 983 g/mol. The highest BCUT2D eigenvalue weighted by Crippen LogP contribution is 2.38. The van der Waals surface area contributed by atoms with E-state index in [1.807, 2.05) is 13.8 Å². The second kappa shape index (κ2) is 23.1. The molecule has 0 bridgehead atoms. The van der Waals surface area contributed by atoms with E-state index < -0.39 is 74.1 Å². The van der Waals surface area contributed by atoms with Gasteiger partial charge in [-0.05, 0) is 112 Å². The Balaban J connectivity index is 0.917. The van der Waals surface area contributed by atoms with Crippen LogP contribution in [0.4, 0.5) is 22.2 Å². The first-order valence-corrected chi connectivity index (χ1v) is 27.4. The lowest BCUT2D eigenvalue weighted by molar-refractivity contribution is -0.142. The van der Waals surface area contributed by atoms with Gasteiger partial charge in [-0.25, -0.2) is 28.2 Å².